The fraction of sp³-hybridized carbons (Fsp3) is 0.0714. The van der Waals surface area contributed by atoms with E-state index in [-0.39, 0.29) is 5.91 Å². The summed E-state index contributed by atoms with van der Waals surface area (Å²) < 4.78 is 5.15. The Labute approximate surface area is 114 Å². The average molecular weight is 268 g/mol. The molecule has 0 atom stereocenters. The van der Waals surface area contributed by atoms with E-state index in [9.17, 15) is 4.79 Å². The molecule has 0 bridgehead atoms. The minimum absolute atomic E-state index is 0.232. The zero-order chi connectivity index (χ0) is 13.8. The summed E-state index contributed by atoms with van der Waals surface area (Å²) in [6.45, 7) is 0.340. The largest absolute Gasteiger partial charge is 0.467 e. The van der Waals surface area contributed by atoms with Crippen molar-refractivity contribution in [3.8, 4) is 11.3 Å². The molecule has 6 nitrogen and oxygen atoms in total. The number of amides is 1. The number of nitrogens with zero attached hydrogens (tertiary/aromatic N) is 2. The van der Waals surface area contributed by atoms with E-state index in [4.69, 9.17) is 4.42 Å². The van der Waals surface area contributed by atoms with Gasteiger partial charge in [0, 0.05) is 18.0 Å². The van der Waals surface area contributed by atoms with Crippen LogP contribution in [0.15, 0.2) is 53.4 Å². The number of furan rings is 1. The number of rotatable bonds is 4. The Bertz CT molecular complexity index is 689. The molecule has 0 aliphatic heterocycles. The van der Waals surface area contributed by atoms with Crippen molar-refractivity contribution in [1.29, 1.82) is 0 Å². The van der Waals surface area contributed by atoms with Crippen molar-refractivity contribution in [2.24, 2.45) is 0 Å². The van der Waals surface area contributed by atoms with Crippen LogP contribution in [0.4, 0.5) is 0 Å². The molecular formula is C14H12N4O2. The van der Waals surface area contributed by atoms with Crippen LogP contribution in [0.5, 0.6) is 0 Å². The van der Waals surface area contributed by atoms with Gasteiger partial charge in [0.15, 0.2) is 0 Å². The molecule has 0 aliphatic carbocycles. The second kappa shape index (κ2) is 5.40. The van der Waals surface area contributed by atoms with E-state index in [1.807, 2.05) is 12.1 Å². The lowest BCUT2D eigenvalue weighted by Crippen LogP contribution is -2.22. The highest BCUT2D eigenvalue weighted by Gasteiger charge is 2.11. The summed E-state index contributed by atoms with van der Waals surface area (Å²) >= 11 is 0. The second-order valence-electron chi connectivity index (χ2n) is 4.17. The maximum atomic E-state index is 11.9. The zero-order valence-corrected chi connectivity index (χ0v) is 10.5. The molecular weight excluding hydrogens is 256 g/mol. The van der Waals surface area contributed by atoms with Crippen LogP contribution in [0.3, 0.4) is 0 Å². The highest BCUT2D eigenvalue weighted by atomic mass is 16.3. The lowest BCUT2D eigenvalue weighted by atomic mass is 10.2. The van der Waals surface area contributed by atoms with Gasteiger partial charge in [0.1, 0.15) is 11.5 Å². The Morgan fingerprint density at radius 3 is 3.05 bits per heavy atom. The summed E-state index contributed by atoms with van der Waals surface area (Å²) in [6.07, 6.45) is 4.95. The van der Waals surface area contributed by atoms with Gasteiger partial charge in [0.05, 0.1) is 18.5 Å². The maximum Gasteiger partial charge on any atom is 0.269 e. The maximum absolute atomic E-state index is 11.9. The third kappa shape index (κ3) is 2.59. The van der Waals surface area contributed by atoms with Crippen molar-refractivity contribution in [2.45, 2.75) is 6.54 Å². The van der Waals surface area contributed by atoms with Crippen LogP contribution in [0.2, 0.25) is 0 Å². The van der Waals surface area contributed by atoms with Gasteiger partial charge in [-0.15, -0.1) is 0 Å². The summed E-state index contributed by atoms with van der Waals surface area (Å²) in [5.41, 5.74) is 1.94. The van der Waals surface area contributed by atoms with Gasteiger partial charge in [-0.25, -0.2) is 0 Å². The molecule has 0 aromatic carbocycles. The quantitative estimate of drug-likeness (QED) is 0.758. The Kier molecular flexibility index (Phi) is 3.28. The van der Waals surface area contributed by atoms with E-state index in [1.54, 1.807) is 36.9 Å². The smallest absolute Gasteiger partial charge is 0.269 e. The molecule has 0 saturated carbocycles. The molecule has 0 fully saturated rings. The van der Waals surface area contributed by atoms with Gasteiger partial charge in [-0.1, -0.05) is 0 Å². The molecule has 100 valence electrons. The minimum Gasteiger partial charge on any atom is -0.467 e. The zero-order valence-electron chi connectivity index (χ0n) is 10.5. The topological polar surface area (TPSA) is 83.8 Å². The molecule has 3 aromatic rings. The monoisotopic (exact) mass is 268 g/mol. The molecule has 3 heterocycles. The van der Waals surface area contributed by atoms with E-state index < -0.39 is 0 Å². The molecule has 20 heavy (non-hydrogen) atoms. The number of aromatic amines is 1. The van der Waals surface area contributed by atoms with Gasteiger partial charge in [-0.2, -0.15) is 5.10 Å². The Balaban J connectivity index is 1.69. The first-order chi connectivity index (χ1) is 9.83. The van der Waals surface area contributed by atoms with Crippen molar-refractivity contribution in [3.63, 3.8) is 0 Å². The standard InChI is InChI=1S/C14H12N4O2/c19-14(16-9-11-4-2-6-20-11)13-7-12(17-18-13)10-3-1-5-15-8-10/h1-8H,9H2,(H,16,19)(H,17,18). The van der Waals surface area contributed by atoms with Crippen LogP contribution in [0.1, 0.15) is 16.2 Å². The molecule has 0 aliphatic rings. The lowest BCUT2D eigenvalue weighted by molar-refractivity contribution is 0.0943. The third-order valence-corrected chi connectivity index (χ3v) is 2.78. The first-order valence-corrected chi connectivity index (χ1v) is 6.09. The molecule has 0 unspecified atom stereocenters. The van der Waals surface area contributed by atoms with Gasteiger partial charge in [-0.3, -0.25) is 14.9 Å². The van der Waals surface area contributed by atoms with E-state index in [0.29, 0.717) is 23.7 Å². The van der Waals surface area contributed by atoms with E-state index in [0.717, 1.165) is 5.56 Å². The van der Waals surface area contributed by atoms with Crippen LogP contribution in [-0.2, 0) is 6.54 Å². The number of nitrogens with one attached hydrogen (secondary N) is 2. The van der Waals surface area contributed by atoms with Crippen molar-refractivity contribution < 1.29 is 9.21 Å². The highest BCUT2D eigenvalue weighted by Crippen LogP contribution is 2.15. The first kappa shape index (κ1) is 12.2. The van der Waals surface area contributed by atoms with Gasteiger partial charge in [-0.05, 0) is 30.3 Å². The lowest BCUT2D eigenvalue weighted by Gasteiger charge is -1.99. The predicted octanol–water partition coefficient (Wildman–Crippen LogP) is 1.99. The number of hydrogen-bond donors (Lipinski definition) is 2. The van der Waals surface area contributed by atoms with Crippen LogP contribution in [-0.4, -0.2) is 21.1 Å². The van der Waals surface area contributed by atoms with Crippen LogP contribution >= 0.6 is 0 Å². The molecule has 0 saturated heterocycles. The predicted molar refractivity (Wildman–Crippen MR) is 71.7 cm³/mol. The van der Waals surface area contributed by atoms with Gasteiger partial charge in [0.2, 0.25) is 0 Å². The molecule has 1 amide bonds. The van der Waals surface area contributed by atoms with Gasteiger partial charge in [0.25, 0.3) is 5.91 Å². The summed E-state index contributed by atoms with van der Waals surface area (Å²) in [5.74, 6) is 0.467. The normalized spacial score (nSPS) is 10.4. The minimum atomic E-state index is -0.232. The van der Waals surface area contributed by atoms with Crippen LogP contribution in [0.25, 0.3) is 11.3 Å². The van der Waals surface area contributed by atoms with E-state index in [2.05, 4.69) is 20.5 Å². The van der Waals surface area contributed by atoms with E-state index in [1.165, 1.54) is 0 Å². The van der Waals surface area contributed by atoms with Crippen molar-refractivity contribution in [3.05, 3.63) is 60.4 Å². The summed E-state index contributed by atoms with van der Waals surface area (Å²) in [5, 5.41) is 9.56. The Hall–Kier alpha value is -2.89. The number of carbonyl (C=O) groups is 1. The summed E-state index contributed by atoms with van der Waals surface area (Å²) in [7, 11) is 0. The summed E-state index contributed by atoms with van der Waals surface area (Å²) in [4.78, 5) is 16.0. The number of hydrogen-bond acceptors (Lipinski definition) is 4. The number of carbonyl (C=O) groups excluding carboxylic acids is 1. The SMILES string of the molecule is O=C(NCc1ccco1)c1cc(-c2cccnc2)n[nH]1. The Morgan fingerprint density at radius 2 is 2.30 bits per heavy atom. The van der Waals surface area contributed by atoms with Crippen molar-refractivity contribution in [1.82, 2.24) is 20.5 Å². The average Bonchev–Trinajstić information content (AvgIpc) is 3.17. The molecule has 3 aromatic heterocycles. The molecule has 0 spiro atoms. The van der Waals surface area contributed by atoms with Gasteiger partial charge < -0.3 is 9.73 Å². The number of H-pyrrole nitrogens is 1. The van der Waals surface area contributed by atoms with Crippen LogP contribution < -0.4 is 5.32 Å². The molecule has 2 N–H and O–H groups in total. The second-order valence-corrected chi connectivity index (χ2v) is 4.17. The molecule has 6 heteroatoms. The van der Waals surface area contributed by atoms with Crippen LogP contribution in [0, 0.1) is 0 Å². The van der Waals surface area contributed by atoms with Crippen molar-refractivity contribution >= 4 is 5.91 Å². The first-order valence-electron chi connectivity index (χ1n) is 6.09. The fourth-order valence-electron chi connectivity index (χ4n) is 1.78. The van der Waals surface area contributed by atoms with E-state index >= 15 is 0 Å². The number of pyridine rings is 1. The molecule has 3 rings (SSSR count). The number of aromatic nitrogens is 3. The third-order valence-electron chi connectivity index (χ3n) is 2.78. The highest BCUT2D eigenvalue weighted by molar-refractivity contribution is 5.93. The van der Waals surface area contributed by atoms with Gasteiger partial charge >= 0.3 is 0 Å². The Morgan fingerprint density at radius 1 is 1.35 bits per heavy atom. The molecule has 0 radical (unpaired) electrons. The van der Waals surface area contributed by atoms with Crippen molar-refractivity contribution in [2.75, 3.05) is 0 Å². The summed E-state index contributed by atoms with van der Waals surface area (Å²) in [6, 6.07) is 8.97. The fourth-order valence-corrected chi connectivity index (χ4v) is 1.78.